The zero-order valence-corrected chi connectivity index (χ0v) is 11.5. The highest BCUT2D eigenvalue weighted by molar-refractivity contribution is 7.93. The summed E-state index contributed by atoms with van der Waals surface area (Å²) in [7, 11) is -3.73. The van der Waals surface area contributed by atoms with Crippen LogP contribution in [0.5, 0.6) is 0 Å². The van der Waals surface area contributed by atoms with Crippen LogP contribution in [0, 0.1) is 13.8 Å². The van der Waals surface area contributed by atoms with Gasteiger partial charge in [-0.05, 0) is 43.2 Å². The topological polar surface area (TPSA) is 85.1 Å². The van der Waals surface area contributed by atoms with E-state index < -0.39 is 10.0 Å². The number of nitrogens with zero attached hydrogens (tertiary/aromatic N) is 1. The first-order valence-electron chi connectivity index (χ1n) is 5.71. The van der Waals surface area contributed by atoms with Crippen molar-refractivity contribution in [1.29, 1.82) is 0 Å². The van der Waals surface area contributed by atoms with Gasteiger partial charge in [0.15, 0.2) is 0 Å². The Bertz CT molecular complexity index is 697. The molecular weight excluding hydrogens is 262 g/mol. The number of aromatic nitrogens is 1. The van der Waals surface area contributed by atoms with Crippen LogP contribution in [-0.4, -0.2) is 13.4 Å². The predicted molar refractivity (Wildman–Crippen MR) is 75.4 cm³/mol. The molecule has 2 rings (SSSR count). The number of rotatable bonds is 3. The number of pyridine rings is 1. The molecule has 0 saturated carbocycles. The first-order chi connectivity index (χ1) is 8.92. The fraction of sp³-hybridized carbons (Fsp3) is 0.154. The first-order valence-corrected chi connectivity index (χ1v) is 7.19. The summed E-state index contributed by atoms with van der Waals surface area (Å²) in [6.45, 7) is 3.58. The number of nitrogen functional groups attached to an aromatic ring is 1. The highest BCUT2D eigenvalue weighted by atomic mass is 32.2. The Labute approximate surface area is 112 Å². The van der Waals surface area contributed by atoms with Crippen LogP contribution in [0.2, 0.25) is 0 Å². The number of benzene rings is 1. The number of sulfonamides is 1. The van der Waals surface area contributed by atoms with Crippen molar-refractivity contribution >= 4 is 21.5 Å². The molecule has 0 radical (unpaired) electrons. The maximum atomic E-state index is 12.4. The highest BCUT2D eigenvalue weighted by Crippen LogP contribution is 2.26. The summed E-state index contributed by atoms with van der Waals surface area (Å²) >= 11 is 0. The molecule has 0 aliphatic rings. The second-order valence-corrected chi connectivity index (χ2v) is 5.87. The Morgan fingerprint density at radius 2 is 1.89 bits per heavy atom. The molecule has 0 bridgehead atoms. The fourth-order valence-corrected chi connectivity index (χ4v) is 3.22. The standard InChI is InChI=1S/C13H15N3O2S/c1-9-6-7-11(14)13(10(9)2)19(17,18)16-12-5-3-4-8-15-12/h3-8H,14H2,1-2H3,(H,15,16). The molecule has 5 nitrogen and oxygen atoms in total. The average molecular weight is 277 g/mol. The second-order valence-electron chi connectivity index (χ2n) is 4.25. The van der Waals surface area contributed by atoms with E-state index in [1.165, 1.54) is 6.20 Å². The number of anilines is 2. The third kappa shape index (κ3) is 2.68. The average Bonchev–Trinajstić information content (AvgIpc) is 2.35. The molecule has 2 aromatic rings. The molecule has 1 aromatic heterocycles. The molecule has 0 amide bonds. The van der Waals surface area contributed by atoms with E-state index >= 15 is 0 Å². The van der Waals surface area contributed by atoms with E-state index in [0.717, 1.165) is 5.56 Å². The molecule has 0 spiro atoms. The quantitative estimate of drug-likeness (QED) is 0.841. The summed E-state index contributed by atoms with van der Waals surface area (Å²) in [6, 6.07) is 8.39. The SMILES string of the molecule is Cc1ccc(N)c(S(=O)(=O)Nc2ccccn2)c1C. The van der Waals surface area contributed by atoms with Crippen LogP contribution in [0.4, 0.5) is 11.5 Å². The maximum absolute atomic E-state index is 12.4. The zero-order valence-electron chi connectivity index (χ0n) is 10.7. The Balaban J connectivity index is 2.49. The monoisotopic (exact) mass is 277 g/mol. The largest absolute Gasteiger partial charge is 0.398 e. The van der Waals surface area contributed by atoms with Crippen molar-refractivity contribution in [1.82, 2.24) is 4.98 Å². The molecular formula is C13H15N3O2S. The van der Waals surface area contributed by atoms with Gasteiger partial charge in [0.05, 0.1) is 5.69 Å². The summed E-state index contributed by atoms with van der Waals surface area (Å²) < 4.78 is 27.2. The second kappa shape index (κ2) is 4.89. The van der Waals surface area contributed by atoms with E-state index in [9.17, 15) is 8.42 Å². The molecule has 0 unspecified atom stereocenters. The molecule has 0 saturated heterocycles. The van der Waals surface area contributed by atoms with Crippen molar-refractivity contribution in [3.8, 4) is 0 Å². The maximum Gasteiger partial charge on any atom is 0.265 e. The number of nitrogens with two attached hydrogens (primary N) is 1. The van der Waals surface area contributed by atoms with Crippen molar-refractivity contribution in [2.45, 2.75) is 18.7 Å². The number of hydrogen-bond acceptors (Lipinski definition) is 4. The molecule has 0 atom stereocenters. The van der Waals surface area contributed by atoms with Crippen LogP contribution < -0.4 is 10.5 Å². The fourth-order valence-electron chi connectivity index (χ4n) is 1.78. The van der Waals surface area contributed by atoms with Gasteiger partial charge in [-0.2, -0.15) is 0 Å². The molecule has 3 N–H and O–H groups in total. The molecule has 0 aliphatic carbocycles. The van der Waals surface area contributed by atoms with Crippen molar-refractivity contribution in [3.63, 3.8) is 0 Å². The summed E-state index contributed by atoms with van der Waals surface area (Å²) in [5.41, 5.74) is 7.53. The van der Waals surface area contributed by atoms with Crippen LogP contribution in [0.1, 0.15) is 11.1 Å². The Morgan fingerprint density at radius 1 is 1.16 bits per heavy atom. The Kier molecular flexibility index (Phi) is 3.44. The first kappa shape index (κ1) is 13.4. The van der Waals surface area contributed by atoms with Gasteiger partial charge in [-0.3, -0.25) is 4.72 Å². The van der Waals surface area contributed by atoms with Crippen LogP contribution in [0.3, 0.4) is 0 Å². The molecule has 0 fully saturated rings. The smallest absolute Gasteiger partial charge is 0.265 e. The van der Waals surface area contributed by atoms with Crippen molar-refractivity contribution in [3.05, 3.63) is 47.7 Å². The van der Waals surface area contributed by atoms with E-state index in [1.54, 1.807) is 37.3 Å². The van der Waals surface area contributed by atoms with Gasteiger partial charge in [0, 0.05) is 6.20 Å². The van der Waals surface area contributed by atoms with E-state index in [-0.39, 0.29) is 16.4 Å². The number of aryl methyl sites for hydroxylation is 1. The molecule has 19 heavy (non-hydrogen) atoms. The van der Waals surface area contributed by atoms with Gasteiger partial charge >= 0.3 is 0 Å². The lowest BCUT2D eigenvalue weighted by Crippen LogP contribution is -2.17. The van der Waals surface area contributed by atoms with Gasteiger partial charge in [0.2, 0.25) is 0 Å². The van der Waals surface area contributed by atoms with Gasteiger partial charge in [-0.25, -0.2) is 13.4 Å². The highest BCUT2D eigenvalue weighted by Gasteiger charge is 2.21. The van der Waals surface area contributed by atoms with Crippen molar-refractivity contribution in [2.75, 3.05) is 10.5 Å². The van der Waals surface area contributed by atoms with E-state index in [4.69, 9.17) is 5.73 Å². The molecule has 6 heteroatoms. The van der Waals surface area contributed by atoms with Crippen LogP contribution >= 0.6 is 0 Å². The third-order valence-corrected chi connectivity index (χ3v) is 4.44. The molecule has 0 aliphatic heterocycles. The van der Waals surface area contributed by atoms with Crippen LogP contribution in [0.25, 0.3) is 0 Å². The van der Waals surface area contributed by atoms with Crippen LogP contribution in [0.15, 0.2) is 41.4 Å². The van der Waals surface area contributed by atoms with Gasteiger partial charge < -0.3 is 5.73 Å². The zero-order chi connectivity index (χ0) is 14.0. The van der Waals surface area contributed by atoms with Gasteiger partial charge in [-0.15, -0.1) is 0 Å². The molecule has 1 heterocycles. The summed E-state index contributed by atoms with van der Waals surface area (Å²) in [6.07, 6.45) is 1.52. The van der Waals surface area contributed by atoms with E-state index in [1.807, 2.05) is 6.92 Å². The summed E-state index contributed by atoms with van der Waals surface area (Å²) in [4.78, 5) is 4.05. The molecule has 1 aromatic carbocycles. The summed E-state index contributed by atoms with van der Waals surface area (Å²) in [5, 5.41) is 0. The Morgan fingerprint density at radius 3 is 2.53 bits per heavy atom. The van der Waals surface area contributed by atoms with Crippen molar-refractivity contribution in [2.24, 2.45) is 0 Å². The predicted octanol–water partition coefficient (Wildman–Crippen LogP) is 2.08. The lowest BCUT2D eigenvalue weighted by Gasteiger charge is -2.13. The minimum atomic E-state index is -3.73. The summed E-state index contributed by atoms with van der Waals surface area (Å²) in [5.74, 6) is 0.266. The minimum Gasteiger partial charge on any atom is -0.398 e. The Hall–Kier alpha value is -2.08. The van der Waals surface area contributed by atoms with E-state index in [0.29, 0.717) is 5.56 Å². The minimum absolute atomic E-state index is 0.109. The van der Waals surface area contributed by atoms with Crippen molar-refractivity contribution < 1.29 is 8.42 Å². The van der Waals surface area contributed by atoms with E-state index in [2.05, 4.69) is 9.71 Å². The van der Waals surface area contributed by atoms with Crippen LogP contribution in [-0.2, 0) is 10.0 Å². The molecule has 100 valence electrons. The third-order valence-electron chi connectivity index (χ3n) is 2.88. The van der Waals surface area contributed by atoms with Gasteiger partial charge in [0.1, 0.15) is 10.7 Å². The number of hydrogen-bond donors (Lipinski definition) is 2. The van der Waals surface area contributed by atoms with Gasteiger partial charge in [0.25, 0.3) is 10.0 Å². The lowest BCUT2D eigenvalue weighted by atomic mass is 10.1. The van der Waals surface area contributed by atoms with Gasteiger partial charge in [-0.1, -0.05) is 12.1 Å². The normalized spacial score (nSPS) is 11.3. The lowest BCUT2D eigenvalue weighted by molar-refractivity contribution is 0.600. The number of nitrogens with one attached hydrogen (secondary N) is 1.